The van der Waals surface area contributed by atoms with Crippen molar-refractivity contribution in [1.29, 1.82) is 0 Å². The number of nitrogens with zero attached hydrogens (tertiary/aromatic N) is 3. The van der Waals surface area contributed by atoms with Gasteiger partial charge in [-0.15, -0.1) is 5.10 Å². The predicted octanol–water partition coefficient (Wildman–Crippen LogP) is -0.536. The number of carbonyl (C=O) groups is 2. The molecular weight excluding hydrogens is 234 g/mol. The summed E-state index contributed by atoms with van der Waals surface area (Å²) >= 11 is 1.05. The largest absolute Gasteiger partial charge is 0.480 e. The first-order valence-corrected chi connectivity index (χ1v) is 5.42. The third-order valence-electron chi connectivity index (χ3n) is 2.25. The summed E-state index contributed by atoms with van der Waals surface area (Å²) in [6.07, 6.45) is 0. The number of amides is 1. The number of rotatable bonds is 2. The van der Waals surface area contributed by atoms with Gasteiger partial charge >= 0.3 is 5.97 Å². The summed E-state index contributed by atoms with van der Waals surface area (Å²) in [6, 6.07) is -0.942. The Morgan fingerprint density at radius 3 is 3.06 bits per heavy atom. The van der Waals surface area contributed by atoms with E-state index in [9.17, 15) is 9.59 Å². The smallest absolute Gasteiger partial charge is 0.328 e. The van der Waals surface area contributed by atoms with Crippen molar-refractivity contribution in [1.82, 2.24) is 14.5 Å². The van der Waals surface area contributed by atoms with Gasteiger partial charge in [0.1, 0.15) is 0 Å². The van der Waals surface area contributed by atoms with Crippen LogP contribution in [0.25, 0.3) is 0 Å². The molecule has 0 spiro atoms. The summed E-state index contributed by atoms with van der Waals surface area (Å²) < 4.78 is 8.61. The SMILES string of the molecule is O=C(O)C1COCCN1C(=O)c1csnn1. The predicted molar refractivity (Wildman–Crippen MR) is 53.2 cm³/mol. The first kappa shape index (κ1) is 11.0. The second kappa shape index (κ2) is 4.54. The fourth-order valence-electron chi connectivity index (χ4n) is 1.46. The zero-order chi connectivity index (χ0) is 11.5. The molecule has 1 aromatic rings. The lowest BCUT2D eigenvalue weighted by molar-refractivity contribution is -0.147. The fourth-order valence-corrected chi connectivity index (χ4v) is 1.89. The molecule has 1 amide bonds. The van der Waals surface area contributed by atoms with E-state index in [1.54, 1.807) is 0 Å². The van der Waals surface area contributed by atoms with Gasteiger partial charge in [-0.1, -0.05) is 4.49 Å². The van der Waals surface area contributed by atoms with Gasteiger partial charge in [0.05, 0.1) is 13.2 Å². The lowest BCUT2D eigenvalue weighted by atomic mass is 10.2. The van der Waals surface area contributed by atoms with Gasteiger partial charge in [0, 0.05) is 11.9 Å². The van der Waals surface area contributed by atoms with Gasteiger partial charge in [0.25, 0.3) is 5.91 Å². The van der Waals surface area contributed by atoms with Crippen LogP contribution in [0.3, 0.4) is 0 Å². The molecule has 86 valence electrons. The van der Waals surface area contributed by atoms with E-state index >= 15 is 0 Å². The number of hydrogen-bond acceptors (Lipinski definition) is 6. The van der Waals surface area contributed by atoms with Gasteiger partial charge in [0.2, 0.25) is 0 Å². The van der Waals surface area contributed by atoms with Crippen LogP contribution in [0.1, 0.15) is 10.5 Å². The molecule has 0 aromatic carbocycles. The van der Waals surface area contributed by atoms with E-state index in [4.69, 9.17) is 9.84 Å². The van der Waals surface area contributed by atoms with Crippen molar-refractivity contribution in [3.8, 4) is 0 Å². The molecule has 0 radical (unpaired) electrons. The van der Waals surface area contributed by atoms with E-state index in [1.165, 1.54) is 10.3 Å². The van der Waals surface area contributed by atoms with Gasteiger partial charge in [-0.25, -0.2) is 4.79 Å². The van der Waals surface area contributed by atoms with E-state index in [1.807, 2.05) is 0 Å². The Morgan fingerprint density at radius 2 is 2.44 bits per heavy atom. The minimum absolute atomic E-state index is 0.0125. The van der Waals surface area contributed by atoms with Crippen molar-refractivity contribution >= 4 is 23.4 Å². The first-order chi connectivity index (χ1) is 7.70. The number of morpholine rings is 1. The summed E-state index contributed by atoms with van der Waals surface area (Å²) in [5, 5.41) is 14.1. The van der Waals surface area contributed by atoms with Gasteiger partial charge in [-0.2, -0.15) is 0 Å². The van der Waals surface area contributed by atoms with Crippen LogP contribution >= 0.6 is 11.5 Å². The Hall–Kier alpha value is -1.54. The van der Waals surface area contributed by atoms with E-state index in [0.29, 0.717) is 6.61 Å². The van der Waals surface area contributed by atoms with Crippen LogP contribution in [0, 0.1) is 0 Å². The molecular formula is C8H9N3O4S. The molecule has 1 saturated heterocycles. The average Bonchev–Trinajstić information content (AvgIpc) is 2.81. The molecule has 2 rings (SSSR count). The third kappa shape index (κ3) is 2.02. The van der Waals surface area contributed by atoms with Crippen LogP contribution in [0.4, 0.5) is 0 Å². The number of hydrogen-bond donors (Lipinski definition) is 1. The third-order valence-corrected chi connectivity index (χ3v) is 2.76. The molecule has 1 fully saturated rings. The molecule has 8 heteroatoms. The minimum atomic E-state index is -1.07. The summed E-state index contributed by atoms with van der Waals surface area (Å²) in [4.78, 5) is 24.1. The monoisotopic (exact) mass is 243 g/mol. The summed E-state index contributed by atoms with van der Waals surface area (Å²) in [6.45, 7) is 0.610. The normalized spacial score (nSPS) is 20.8. The number of carbonyl (C=O) groups excluding carboxylic acids is 1. The van der Waals surface area contributed by atoms with Crippen LogP contribution in [-0.2, 0) is 9.53 Å². The molecule has 0 saturated carbocycles. The highest BCUT2D eigenvalue weighted by atomic mass is 32.1. The Labute approximate surface area is 94.8 Å². The quantitative estimate of drug-likeness (QED) is 0.750. The van der Waals surface area contributed by atoms with Crippen molar-refractivity contribution in [3.05, 3.63) is 11.1 Å². The maximum absolute atomic E-state index is 11.9. The van der Waals surface area contributed by atoms with E-state index in [-0.39, 0.29) is 18.8 Å². The van der Waals surface area contributed by atoms with Crippen LogP contribution < -0.4 is 0 Å². The fraction of sp³-hybridized carbons (Fsp3) is 0.500. The van der Waals surface area contributed by atoms with Crippen molar-refractivity contribution in [2.24, 2.45) is 0 Å². The molecule has 1 N–H and O–H groups in total. The zero-order valence-electron chi connectivity index (χ0n) is 8.20. The average molecular weight is 243 g/mol. The standard InChI is InChI=1S/C8H9N3O4S/c12-7(5-4-16-10-9-5)11-1-2-15-3-6(11)8(13)14/h4,6H,1-3H2,(H,13,14). The number of carboxylic acids is 1. The Morgan fingerprint density at radius 1 is 1.62 bits per heavy atom. The van der Waals surface area contributed by atoms with E-state index in [0.717, 1.165) is 11.5 Å². The molecule has 1 aliphatic heterocycles. The maximum Gasteiger partial charge on any atom is 0.328 e. The Kier molecular flexibility index (Phi) is 3.11. The molecule has 0 aliphatic carbocycles. The van der Waals surface area contributed by atoms with Crippen LogP contribution in [0.2, 0.25) is 0 Å². The molecule has 1 aliphatic rings. The molecule has 0 bridgehead atoms. The van der Waals surface area contributed by atoms with Crippen molar-refractivity contribution < 1.29 is 19.4 Å². The Bertz CT molecular complexity index is 394. The zero-order valence-corrected chi connectivity index (χ0v) is 9.01. The van der Waals surface area contributed by atoms with E-state index < -0.39 is 17.9 Å². The van der Waals surface area contributed by atoms with Gasteiger partial charge in [-0.05, 0) is 11.5 Å². The molecule has 2 heterocycles. The Balaban J connectivity index is 2.17. The molecule has 1 atom stereocenters. The number of ether oxygens (including phenoxy) is 1. The summed E-state index contributed by atoms with van der Waals surface area (Å²) in [5.41, 5.74) is 0.179. The topological polar surface area (TPSA) is 92.6 Å². The summed E-state index contributed by atoms with van der Waals surface area (Å²) in [7, 11) is 0. The molecule has 7 nitrogen and oxygen atoms in total. The highest BCUT2D eigenvalue weighted by molar-refractivity contribution is 7.03. The first-order valence-electron chi connectivity index (χ1n) is 4.58. The summed E-state index contributed by atoms with van der Waals surface area (Å²) in [5.74, 6) is -1.49. The minimum Gasteiger partial charge on any atom is -0.480 e. The van der Waals surface area contributed by atoms with Gasteiger partial charge < -0.3 is 14.7 Å². The van der Waals surface area contributed by atoms with E-state index in [2.05, 4.69) is 9.59 Å². The van der Waals surface area contributed by atoms with Crippen molar-refractivity contribution in [2.45, 2.75) is 6.04 Å². The van der Waals surface area contributed by atoms with Gasteiger partial charge in [0.15, 0.2) is 11.7 Å². The second-order valence-electron chi connectivity index (χ2n) is 3.22. The number of aromatic nitrogens is 2. The lowest BCUT2D eigenvalue weighted by Crippen LogP contribution is -2.52. The molecule has 1 aromatic heterocycles. The number of carboxylic acid groups (broad SMARTS) is 1. The number of aliphatic carboxylic acids is 1. The highest BCUT2D eigenvalue weighted by Crippen LogP contribution is 2.12. The van der Waals surface area contributed by atoms with Gasteiger partial charge in [-0.3, -0.25) is 4.79 Å². The molecule has 1 unspecified atom stereocenters. The van der Waals surface area contributed by atoms with Crippen molar-refractivity contribution in [3.63, 3.8) is 0 Å². The van der Waals surface area contributed by atoms with Crippen molar-refractivity contribution in [2.75, 3.05) is 19.8 Å². The maximum atomic E-state index is 11.9. The lowest BCUT2D eigenvalue weighted by Gasteiger charge is -2.32. The second-order valence-corrected chi connectivity index (χ2v) is 3.83. The molecule has 16 heavy (non-hydrogen) atoms. The van der Waals surface area contributed by atoms with Crippen LogP contribution in [-0.4, -0.2) is 57.3 Å². The highest BCUT2D eigenvalue weighted by Gasteiger charge is 2.34. The van der Waals surface area contributed by atoms with Crippen LogP contribution in [0.15, 0.2) is 5.38 Å². The van der Waals surface area contributed by atoms with Crippen LogP contribution in [0.5, 0.6) is 0 Å².